The lowest BCUT2D eigenvalue weighted by molar-refractivity contribution is -0.117. The van der Waals surface area contributed by atoms with Gasteiger partial charge >= 0.3 is 0 Å². The number of para-hydroxylation sites is 2. The lowest BCUT2D eigenvalue weighted by atomic mass is 10.1. The van der Waals surface area contributed by atoms with Crippen molar-refractivity contribution in [1.82, 2.24) is 14.9 Å². The maximum atomic E-state index is 12.6. The van der Waals surface area contributed by atoms with Crippen LogP contribution in [0, 0.1) is 0 Å². The molecule has 4 nitrogen and oxygen atoms in total. The zero-order valence-corrected chi connectivity index (χ0v) is 18.1. The molecule has 1 aromatic heterocycles. The first-order chi connectivity index (χ1) is 15.1. The van der Waals surface area contributed by atoms with Crippen molar-refractivity contribution < 1.29 is 4.79 Å². The van der Waals surface area contributed by atoms with E-state index in [9.17, 15) is 4.79 Å². The van der Waals surface area contributed by atoms with Crippen molar-refractivity contribution in [2.24, 2.45) is 0 Å². The summed E-state index contributed by atoms with van der Waals surface area (Å²) >= 11 is 6.05. The van der Waals surface area contributed by atoms with Crippen LogP contribution in [0.2, 0.25) is 5.02 Å². The lowest BCUT2D eigenvalue weighted by Gasteiger charge is -2.18. The zero-order valence-electron chi connectivity index (χ0n) is 17.3. The monoisotopic (exact) mass is 429 g/mol. The Morgan fingerprint density at radius 1 is 1.03 bits per heavy atom. The third kappa shape index (κ3) is 5.04. The highest BCUT2D eigenvalue weighted by atomic mass is 35.5. The van der Waals surface area contributed by atoms with Crippen LogP contribution < -0.4 is 5.32 Å². The Balaban J connectivity index is 1.62. The van der Waals surface area contributed by atoms with Crippen LogP contribution in [-0.4, -0.2) is 15.5 Å². The number of nitrogens with one attached hydrogen (secondary N) is 1. The molecule has 0 saturated heterocycles. The molecule has 0 spiro atoms. The van der Waals surface area contributed by atoms with Crippen LogP contribution in [0.1, 0.15) is 36.3 Å². The van der Waals surface area contributed by atoms with Gasteiger partial charge in [0.15, 0.2) is 0 Å². The topological polar surface area (TPSA) is 46.9 Å². The smallest absolute Gasteiger partial charge is 0.244 e. The third-order valence-corrected chi connectivity index (χ3v) is 5.45. The average Bonchev–Trinajstić information content (AvgIpc) is 3.16. The van der Waals surface area contributed by atoms with Crippen molar-refractivity contribution in [3.05, 3.63) is 107 Å². The fraction of sp³-hybridized carbons (Fsp3) is 0.154. The second kappa shape index (κ2) is 9.63. The normalized spacial score (nSPS) is 12.3. The number of nitrogens with zero attached hydrogens (tertiary/aromatic N) is 2. The molecule has 1 unspecified atom stereocenters. The minimum atomic E-state index is -0.201. The predicted molar refractivity (Wildman–Crippen MR) is 127 cm³/mol. The van der Waals surface area contributed by atoms with Crippen molar-refractivity contribution >= 4 is 34.6 Å². The van der Waals surface area contributed by atoms with Gasteiger partial charge in [-0.05, 0) is 47.9 Å². The van der Waals surface area contributed by atoms with Crippen LogP contribution in [0.5, 0.6) is 0 Å². The fourth-order valence-corrected chi connectivity index (χ4v) is 3.73. The highest BCUT2D eigenvalue weighted by molar-refractivity contribution is 6.30. The second-order valence-corrected chi connectivity index (χ2v) is 7.82. The summed E-state index contributed by atoms with van der Waals surface area (Å²) in [6.07, 6.45) is 4.12. The van der Waals surface area contributed by atoms with E-state index in [1.807, 2.05) is 78.9 Å². The largest absolute Gasteiger partial charge is 0.343 e. The summed E-state index contributed by atoms with van der Waals surface area (Å²) in [5.41, 5.74) is 4.07. The Morgan fingerprint density at radius 3 is 2.48 bits per heavy atom. The van der Waals surface area contributed by atoms with Crippen LogP contribution in [0.4, 0.5) is 0 Å². The maximum absolute atomic E-state index is 12.6. The average molecular weight is 430 g/mol. The molecule has 0 aliphatic heterocycles. The number of amides is 1. The van der Waals surface area contributed by atoms with Crippen molar-refractivity contribution in [3.8, 4) is 0 Å². The number of imidazole rings is 1. The summed E-state index contributed by atoms with van der Waals surface area (Å²) in [7, 11) is 0. The van der Waals surface area contributed by atoms with Crippen LogP contribution >= 0.6 is 11.6 Å². The number of benzene rings is 3. The number of carbonyl (C=O) groups excluding carboxylic acids is 1. The van der Waals surface area contributed by atoms with Gasteiger partial charge in [-0.25, -0.2) is 4.98 Å². The van der Waals surface area contributed by atoms with Gasteiger partial charge in [-0.1, -0.05) is 73.1 Å². The molecule has 3 aromatic carbocycles. The molecule has 1 heterocycles. The fourth-order valence-electron chi connectivity index (χ4n) is 3.60. The number of rotatable bonds is 7. The van der Waals surface area contributed by atoms with E-state index < -0.39 is 0 Å². The molecule has 4 aromatic rings. The SMILES string of the molecule is CCC(NC(=O)/C=C/c1ccccc1)c1nc2ccccc2n1Cc1ccc(Cl)cc1. The Labute approximate surface area is 187 Å². The Bertz CT molecular complexity index is 1200. The van der Waals surface area contributed by atoms with E-state index in [1.54, 1.807) is 6.08 Å². The summed E-state index contributed by atoms with van der Waals surface area (Å²) in [5.74, 6) is 0.709. The van der Waals surface area contributed by atoms with Crippen molar-refractivity contribution in [2.75, 3.05) is 0 Å². The van der Waals surface area contributed by atoms with Gasteiger partial charge in [0.2, 0.25) is 5.91 Å². The van der Waals surface area contributed by atoms with Gasteiger partial charge in [-0.2, -0.15) is 0 Å². The van der Waals surface area contributed by atoms with E-state index in [4.69, 9.17) is 16.6 Å². The van der Waals surface area contributed by atoms with Crippen LogP contribution in [0.15, 0.2) is 84.9 Å². The number of hydrogen-bond acceptors (Lipinski definition) is 2. The van der Waals surface area contributed by atoms with Crippen molar-refractivity contribution in [3.63, 3.8) is 0 Å². The molecule has 0 saturated carbocycles. The second-order valence-electron chi connectivity index (χ2n) is 7.38. The standard InChI is InChI=1S/C26H24ClN3O/c1-2-22(28-25(31)17-14-19-8-4-3-5-9-19)26-29-23-10-6-7-11-24(23)30(26)18-20-12-15-21(27)16-13-20/h3-17,22H,2,18H2,1H3,(H,28,31)/b17-14+. The molecular formula is C26H24ClN3O. The van der Waals surface area contributed by atoms with Gasteiger partial charge in [0, 0.05) is 17.6 Å². The van der Waals surface area contributed by atoms with Crippen molar-refractivity contribution in [1.29, 1.82) is 0 Å². The molecule has 31 heavy (non-hydrogen) atoms. The molecule has 1 amide bonds. The molecule has 4 rings (SSSR count). The van der Waals surface area contributed by atoms with Gasteiger partial charge in [0.25, 0.3) is 0 Å². The van der Waals surface area contributed by atoms with E-state index in [2.05, 4.69) is 22.9 Å². The van der Waals surface area contributed by atoms with E-state index >= 15 is 0 Å². The maximum Gasteiger partial charge on any atom is 0.244 e. The molecule has 0 radical (unpaired) electrons. The van der Waals surface area contributed by atoms with Gasteiger partial charge in [0.05, 0.1) is 17.1 Å². The summed E-state index contributed by atoms with van der Waals surface area (Å²) in [6, 6.07) is 25.5. The van der Waals surface area contributed by atoms with Crippen LogP contribution in [0.25, 0.3) is 17.1 Å². The third-order valence-electron chi connectivity index (χ3n) is 5.20. The summed E-state index contributed by atoms with van der Waals surface area (Å²) in [5, 5.41) is 3.83. The summed E-state index contributed by atoms with van der Waals surface area (Å²) in [4.78, 5) is 17.5. The summed E-state index contributed by atoms with van der Waals surface area (Å²) < 4.78 is 2.17. The van der Waals surface area contributed by atoms with Crippen LogP contribution in [-0.2, 0) is 11.3 Å². The quantitative estimate of drug-likeness (QED) is 0.365. The molecule has 1 atom stereocenters. The van der Waals surface area contributed by atoms with E-state index in [0.717, 1.165) is 34.4 Å². The minimum Gasteiger partial charge on any atom is -0.343 e. The first-order valence-corrected chi connectivity index (χ1v) is 10.7. The van der Waals surface area contributed by atoms with E-state index in [-0.39, 0.29) is 11.9 Å². The minimum absolute atomic E-state index is 0.138. The van der Waals surface area contributed by atoms with Gasteiger partial charge in [-0.3, -0.25) is 4.79 Å². The molecule has 0 aliphatic carbocycles. The Hall–Kier alpha value is -3.37. The Kier molecular flexibility index (Phi) is 6.48. The highest BCUT2D eigenvalue weighted by Gasteiger charge is 2.20. The summed E-state index contributed by atoms with van der Waals surface area (Å²) in [6.45, 7) is 2.71. The van der Waals surface area contributed by atoms with Gasteiger partial charge in [0.1, 0.15) is 5.82 Å². The predicted octanol–water partition coefficient (Wildman–Crippen LogP) is 6.02. The first-order valence-electron chi connectivity index (χ1n) is 10.4. The highest BCUT2D eigenvalue weighted by Crippen LogP contribution is 2.24. The number of hydrogen-bond donors (Lipinski definition) is 1. The molecule has 0 aliphatic rings. The number of aromatic nitrogens is 2. The zero-order chi connectivity index (χ0) is 21.6. The van der Waals surface area contributed by atoms with E-state index in [1.165, 1.54) is 0 Å². The van der Waals surface area contributed by atoms with Gasteiger partial charge < -0.3 is 9.88 Å². The van der Waals surface area contributed by atoms with Gasteiger partial charge in [-0.15, -0.1) is 0 Å². The first kappa shape index (κ1) is 20.9. The molecule has 0 fully saturated rings. The van der Waals surface area contributed by atoms with E-state index in [0.29, 0.717) is 11.6 Å². The number of carbonyl (C=O) groups is 1. The molecule has 156 valence electrons. The molecule has 1 N–H and O–H groups in total. The molecule has 0 bridgehead atoms. The molecule has 5 heteroatoms. The Morgan fingerprint density at radius 2 is 1.74 bits per heavy atom. The number of halogens is 1. The van der Waals surface area contributed by atoms with Crippen LogP contribution in [0.3, 0.4) is 0 Å². The van der Waals surface area contributed by atoms with Crippen molar-refractivity contribution in [2.45, 2.75) is 25.9 Å². The molecular weight excluding hydrogens is 406 g/mol. The number of fused-ring (bicyclic) bond motifs is 1. The lowest BCUT2D eigenvalue weighted by Crippen LogP contribution is -2.29.